The van der Waals surface area contributed by atoms with E-state index in [0.717, 1.165) is 0 Å². The van der Waals surface area contributed by atoms with E-state index in [1.807, 2.05) is 0 Å². The highest BCUT2D eigenvalue weighted by Gasteiger charge is 2.23. The summed E-state index contributed by atoms with van der Waals surface area (Å²) in [7, 11) is 1.57. The predicted octanol–water partition coefficient (Wildman–Crippen LogP) is 1.86. The average Bonchev–Trinajstić information content (AvgIpc) is 3.28. The van der Waals surface area contributed by atoms with Crippen LogP contribution in [0.5, 0.6) is 11.5 Å². The van der Waals surface area contributed by atoms with Gasteiger partial charge < -0.3 is 14.5 Å². The van der Waals surface area contributed by atoms with Gasteiger partial charge in [0, 0.05) is 18.0 Å². The van der Waals surface area contributed by atoms with E-state index in [9.17, 15) is 9.59 Å². The molecule has 116 valence electrons. The number of H-pyrrole nitrogens is 1. The first-order chi connectivity index (χ1) is 10.7. The molecule has 0 unspecified atom stereocenters. The fourth-order valence-corrected chi connectivity index (χ4v) is 2.17. The molecule has 2 aromatic rings. The third-order valence-corrected chi connectivity index (χ3v) is 3.69. The van der Waals surface area contributed by atoms with Crippen molar-refractivity contribution in [1.29, 1.82) is 0 Å². The molecule has 1 saturated carbocycles. The molecule has 1 aliphatic rings. The van der Waals surface area contributed by atoms with E-state index in [4.69, 9.17) is 9.47 Å². The van der Waals surface area contributed by atoms with E-state index in [-0.39, 0.29) is 18.0 Å². The summed E-state index contributed by atoms with van der Waals surface area (Å²) in [5.74, 6) is 1.64. The predicted molar refractivity (Wildman–Crippen MR) is 80.6 cm³/mol. The summed E-state index contributed by atoms with van der Waals surface area (Å²) < 4.78 is 12.3. The highest BCUT2D eigenvalue weighted by Crippen LogP contribution is 2.33. The molecule has 22 heavy (non-hydrogen) atoms. The second-order valence-electron chi connectivity index (χ2n) is 5.44. The number of nitrogens with zero attached hydrogens (tertiary/aromatic N) is 1. The molecule has 0 amide bonds. The molecule has 1 aromatic carbocycles. The Hall–Kier alpha value is -2.50. The average molecular weight is 302 g/mol. The van der Waals surface area contributed by atoms with Crippen molar-refractivity contribution in [2.45, 2.75) is 19.4 Å². The van der Waals surface area contributed by atoms with Gasteiger partial charge >= 0.3 is 5.69 Å². The number of carbonyl (C=O) groups is 1. The summed E-state index contributed by atoms with van der Waals surface area (Å²) in [4.78, 5) is 26.3. The van der Waals surface area contributed by atoms with Crippen molar-refractivity contribution in [3.05, 3.63) is 46.6 Å². The van der Waals surface area contributed by atoms with Crippen molar-refractivity contribution in [3.63, 3.8) is 0 Å². The Balaban J connectivity index is 1.77. The smallest absolute Gasteiger partial charge is 0.325 e. The fraction of sp³-hybridized carbons (Fsp3) is 0.375. The number of ketones is 1. The topological polar surface area (TPSA) is 73.3 Å². The molecule has 0 atom stereocenters. The maximum atomic E-state index is 12.3. The normalized spacial score (nSPS) is 13.9. The lowest BCUT2D eigenvalue weighted by Gasteiger charge is -2.12. The second kappa shape index (κ2) is 6.09. The zero-order chi connectivity index (χ0) is 15.5. The number of ether oxygens (including phenoxy) is 2. The van der Waals surface area contributed by atoms with Gasteiger partial charge in [0.15, 0.2) is 17.3 Å². The Morgan fingerprint density at radius 2 is 2.18 bits per heavy atom. The van der Waals surface area contributed by atoms with Gasteiger partial charge in [0.1, 0.15) is 0 Å². The first-order valence-electron chi connectivity index (χ1n) is 7.25. The highest BCUT2D eigenvalue weighted by molar-refractivity contribution is 5.96. The van der Waals surface area contributed by atoms with Crippen LogP contribution in [0.15, 0.2) is 35.4 Å². The number of rotatable bonds is 7. The van der Waals surface area contributed by atoms with E-state index in [1.54, 1.807) is 31.5 Å². The first-order valence-corrected chi connectivity index (χ1v) is 7.25. The summed E-state index contributed by atoms with van der Waals surface area (Å²) in [5.41, 5.74) is 0.201. The molecule has 3 rings (SSSR count). The van der Waals surface area contributed by atoms with Crippen LogP contribution in [0.25, 0.3) is 0 Å². The van der Waals surface area contributed by atoms with Crippen molar-refractivity contribution >= 4 is 5.78 Å². The summed E-state index contributed by atoms with van der Waals surface area (Å²) >= 11 is 0. The van der Waals surface area contributed by atoms with Crippen LogP contribution in [0, 0.1) is 5.92 Å². The van der Waals surface area contributed by atoms with E-state index < -0.39 is 0 Å². The van der Waals surface area contributed by atoms with Crippen LogP contribution in [-0.4, -0.2) is 29.1 Å². The van der Waals surface area contributed by atoms with E-state index in [2.05, 4.69) is 4.98 Å². The quantitative estimate of drug-likeness (QED) is 0.792. The molecule has 1 N–H and O–H groups in total. The number of aromatic nitrogens is 2. The van der Waals surface area contributed by atoms with E-state index in [0.29, 0.717) is 29.6 Å². The first kappa shape index (κ1) is 14.4. The Morgan fingerprint density at radius 1 is 1.36 bits per heavy atom. The van der Waals surface area contributed by atoms with Gasteiger partial charge in [-0.25, -0.2) is 4.79 Å². The largest absolute Gasteiger partial charge is 0.493 e. The van der Waals surface area contributed by atoms with Gasteiger partial charge in [0.25, 0.3) is 0 Å². The Labute approximate surface area is 127 Å². The Morgan fingerprint density at radius 3 is 2.82 bits per heavy atom. The number of hydrogen-bond donors (Lipinski definition) is 1. The third-order valence-electron chi connectivity index (χ3n) is 3.69. The van der Waals surface area contributed by atoms with Gasteiger partial charge in [-0.15, -0.1) is 0 Å². The van der Waals surface area contributed by atoms with Crippen molar-refractivity contribution in [1.82, 2.24) is 9.55 Å². The number of methoxy groups -OCH3 is 1. The van der Waals surface area contributed by atoms with Gasteiger partial charge in [-0.05, 0) is 37.0 Å². The van der Waals surface area contributed by atoms with Crippen LogP contribution in [0.3, 0.4) is 0 Å². The fourth-order valence-electron chi connectivity index (χ4n) is 2.17. The molecule has 1 heterocycles. The minimum absolute atomic E-state index is 0.00325. The summed E-state index contributed by atoms with van der Waals surface area (Å²) in [6.07, 6.45) is 5.44. The molecule has 1 fully saturated rings. The number of Topliss-reactive ketones (excluding diaryl/α,β-unsaturated/α-hetero) is 1. The number of aromatic amines is 1. The molecule has 6 nitrogen and oxygen atoms in total. The zero-order valence-electron chi connectivity index (χ0n) is 12.4. The van der Waals surface area contributed by atoms with Crippen molar-refractivity contribution < 1.29 is 14.3 Å². The summed E-state index contributed by atoms with van der Waals surface area (Å²) in [6, 6.07) is 5.08. The van der Waals surface area contributed by atoms with E-state index >= 15 is 0 Å². The van der Waals surface area contributed by atoms with Gasteiger partial charge in [-0.3, -0.25) is 9.36 Å². The number of carbonyl (C=O) groups excluding carboxylic acids is 1. The standard InChI is InChI=1S/C16H18N2O4/c1-21-14-5-4-12(8-15(14)22-10-11-2-3-11)13(19)9-18-7-6-17-16(18)20/h4-8,11H,2-3,9-10H2,1H3,(H,17,20). The molecule has 0 saturated heterocycles. The summed E-state index contributed by atoms with van der Waals surface area (Å²) in [6.45, 7) is 0.641. The van der Waals surface area contributed by atoms with Crippen LogP contribution < -0.4 is 15.2 Å². The van der Waals surface area contributed by atoms with Gasteiger partial charge in [-0.1, -0.05) is 0 Å². The van der Waals surface area contributed by atoms with Crippen LogP contribution in [-0.2, 0) is 6.54 Å². The van der Waals surface area contributed by atoms with E-state index in [1.165, 1.54) is 23.6 Å². The molecule has 0 radical (unpaired) electrons. The molecule has 1 aromatic heterocycles. The maximum Gasteiger partial charge on any atom is 0.325 e. The molecule has 6 heteroatoms. The zero-order valence-corrected chi connectivity index (χ0v) is 12.4. The van der Waals surface area contributed by atoms with Crippen molar-refractivity contribution in [2.75, 3.05) is 13.7 Å². The van der Waals surface area contributed by atoms with Gasteiger partial charge in [0.05, 0.1) is 20.3 Å². The lowest BCUT2D eigenvalue weighted by Crippen LogP contribution is -2.21. The Kier molecular flexibility index (Phi) is 4.00. The lowest BCUT2D eigenvalue weighted by atomic mass is 10.1. The van der Waals surface area contributed by atoms with Crippen LogP contribution in [0.1, 0.15) is 23.2 Å². The van der Waals surface area contributed by atoms with Crippen LogP contribution in [0.4, 0.5) is 0 Å². The van der Waals surface area contributed by atoms with Crippen LogP contribution in [0.2, 0.25) is 0 Å². The number of hydrogen-bond acceptors (Lipinski definition) is 4. The third kappa shape index (κ3) is 3.21. The maximum absolute atomic E-state index is 12.3. The SMILES string of the molecule is COc1ccc(C(=O)Cn2cc[nH]c2=O)cc1OCC1CC1. The van der Waals surface area contributed by atoms with Gasteiger partial charge in [0.2, 0.25) is 0 Å². The highest BCUT2D eigenvalue weighted by atomic mass is 16.5. The van der Waals surface area contributed by atoms with Crippen molar-refractivity contribution in [2.24, 2.45) is 5.92 Å². The van der Waals surface area contributed by atoms with Gasteiger partial charge in [-0.2, -0.15) is 0 Å². The minimum atomic E-state index is -0.299. The molecular formula is C16H18N2O4. The number of benzene rings is 1. The molecule has 0 bridgehead atoms. The van der Waals surface area contributed by atoms with Crippen molar-refractivity contribution in [3.8, 4) is 11.5 Å². The lowest BCUT2D eigenvalue weighted by molar-refractivity contribution is 0.0970. The number of nitrogens with one attached hydrogen (secondary N) is 1. The number of imidazole rings is 1. The molecule has 0 aliphatic heterocycles. The molecular weight excluding hydrogens is 284 g/mol. The molecule has 1 aliphatic carbocycles. The minimum Gasteiger partial charge on any atom is -0.493 e. The molecule has 0 spiro atoms. The van der Waals surface area contributed by atoms with Crippen LogP contribution >= 0.6 is 0 Å². The Bertz CT molecular complexity index is 728. The summed E-state index contributed by atoms with van der Waals surface area (Å²) in [5, 5.41) is 0. The monoisotopic (exact) mass is 302 g/mol. The second-order valence-corrected chi connectivity index (χ2v) is 5.44.